The largest absolute Gasteiger partial charge is 0.480 e. The molecule has 4 rings (SSSR count). The van der Waals surface area contributed by atoms with Crippen molar-refractivity contribution >= 4 is 58.7 Å². The number of imidazole rings is 1. The SMILES string of the molecule is CC(NC(=O)OCc1cccc(NC(=O)CN2C(=O)CN(CCCNc3nc4ccccc4n3C(=O)OC(C)(C)C)C2=O)c1)C(=O)O. The first-order valence-corrected chi connectivity index (χ1v) is 14.8. The van der Waals surface area contributed by atoms with Crippen LogP contribution >= 0.6 is 0 Å². The van der Waals surface area contributed by atoms with Gasteiger partial charge in [-0.05, 0) is 63.9 Å². The zero-order valence-electron chi connectivity index (χ0n) is 26.4. The van der Waals surface area contributed by atoms with Gasteiger partial charge in [0.15, 0.2) is 0 Å². The van der Waals surface area contributed by atoms with Crippen molar-refractivity contribution in [2.45, 2.75) is 52.4 Å². The number of carbonyl (C=O) groups excluding carboxylic acids is 5. The average Bonchev–Trinajstić information content (AvgIpc) is 3.49. The number of carboxylic acids is 1. The molecule has 1 aromatic heterocycles. The smallest absolute Gasteiger partial charge is 0.421 e. The van der Waals surface area contributed by atoms with Crippen LogP contribution in [-0.2, 0) is 30.5 Å². The lowest BCUT2D eigenvalue weighted by atomic mass is 10.2. The fraction of sp³-hybridized carbons (Fsp3) is 0.387. The summed E-state index contributed by atoms with van der Waals surface area (Å²) < 4.78 is 11.9. The van der Waals surface area contributed by atoms with Gasteiger partial charge in [0, 0.05) is 18.8 Å². The van der Waals surface area contributed by atoms with Crippen molar-refractivity contribution in [1.82, 2.24) is 24.7 Å². The van der Waals surface area contributed by atoms with Crippen molar-refractivity contribution < 1.29 is 43.3 Å². The fourth-order valence-electron chi connectivity index (χ4n) is 4.54. The van der Waals surface area contributed by atoms with Gasteiger partial charge in [0.05, 0.1) is 11.0 Å². The van der Waals surface area contributed by atoms with Crippen molar-refractivity contribution in [1.29, 1.82) is 0 Å². The molecule has 16 nitrogen and oxygen atoms in total. The summed E-state index contributed by atoms with van der Waals surface area (Å²) in [5.41, 5.74) is 1.32. The minimum Gasteiger partial charge on any atom is -0.480 e. The summed E-state index contributed by atoms with van der Waals surface area (Å²) in [7, 11) is 0. The summed E-state index contributed by atoms with van der Waals surface area (Å²) in [6.07, 6.45) is -1.09. The molecule has 1 saturated heterocycles. The molecule has 47 heavy (non-hydrogen) atoms. The molecule has 1 fully saturated rings. The van der Waals surface area contributed by atoms with Crippen molar-refractivity contribution in [2.24, 2.45) is 0 Å². The van der Waals surface area contributed by atoms with E-state index in [1.807, 2.05) is 6.07 Å². The third-order valence-electron chi connectivity index (χ3n) is 6.74. The Balaban J connectivity index is 1.26. The summed E-state index contributed by atoms with van der Waals surface area (Å²) >= 11 is 0. The molecule has 0 saturated carbocycles. The summed E-state index contributed by atoms with van der Waals surface area (Å²) in [6, 6.07) is 11.8. The van der Waals surface area contributed by atoms with Gasteiger partial charge in [-0.2, -0.15) is 0 Å². The number of alkyl carbamates (subject to hydrolysis) is 1. The molecule has 250 valence electrons. The summed E-state index contributed by atoms with van der Waals surface area (Å²) in [4.78, 5) is 80.5. The Morgan fingerprint density at radius 1 is 1.06 bits per heavy atom. The molecule has 1 unspecified atom stereocenters. The number of aliphatic carboxylic acids is 1. The topological polar surface area (TPSA) is 201 Å². The Morgan fingerprint density at radius 3 is 2.53 bits per heavy atom. The summed E-state index contributed by atoms with van der Waals surface area (Å²) in [5, 5.41) is 16.8. The standard InChI is InChI=1S/C31H37N7O9/c1-19(26(41)42)33-28(43)46-18-20-9-7-10-21(15-20)34-24(39)16-37-25(40)17-36(29(37)44)14-8-13-32-27-35-22-11-5-6-12-23(22)38(27)30(45)47-31(2,3)4/h5-7,9-12,15,19H,8,13-14,16-18H2,1-4H3,(H,32,35)(H,33,43)(H,34,39)(H,41,42). The Kier molecular flexibility index (Phi) is 10.6. The summed E-state index contributed by atoms with van der Waals surface area (Å²) in [6.45, 7) is 6.27. The highest BCUT2D eigenvalue weighted by Gasteiger charge is 2.36. The quantitative estimate of drug-likeness (QED) is 0.165. The highest BCUT2D eigenvalue weighted by Crippen LogP contribution is 2.22. The second-order valence-corrected chi connectivity index (χ2v) is 11.7. The van der Waals surface area contributed by atoms with E-state index in [2.05, 4.69) is 20.9 Å². The van der Waals surface area contributed by atoms with Crippen molar-refractivity contribution in [3.05, 3.63) is 54.1 Å². The van der Waals surface area contributed by atoms with Crippen LogP contribution in [0.3, 0.4) is 0 Å². The number of urea groups is 1. The van der Waals surface area contributed by atoms with Gasteiger partial charge >= 0.3 is 24.2 Å². The Labute approximate surface area is 270 Å². The van der Waals surface area contributed by atoms with Crippen molar-refractivity contribution in [3.63, 3.8) is 0 Å². The lowest BCUT2D eigenvalue weighted by Crippen LogP contribution is -2.39. The number of anilines is 2. The highest BCUT2D eigenvalue weighted by atomic mass is 16.6. The monoisotopic (exact) mass is 651 g/mol. The predicted octanol–water partition coefficient (Wildman–Crippen LogP) is 3.22. The molecule has 1 aliphatic rings. The highest BCUT2D eigenvalue weighted by molar-refractivity contribution is 6.06. The molecule has 0 aliphatic carbocycles. The van der Waals surface area contributed by atoms with E-state index in [1.165, 1.54) is 22.5 Å². The molecule has 16 heteroatoms. The number of amides is 5. The Bertz CT molecular complexity index is 1680. The van der Waals surface area contributed by atoms with Gasteiger partial charge in [0.25, 0.3) is 5.91 Å². The van der Waals surface area contributed by atoms with E-state index in [0.29, 0.717) is 35.2 Å². The number of para-hydroxylation sites is 2. The van der Waals surface area contributed by atoms with Crippen LogP contribution in [0.5, 0.6) is 0 Å². The Morgan fingerprint density at radius 2 is 1.81 bits per heavy atom. The van der Waals surface area contributed by atoms with Crippen LogP contribution in [0.2, 0.25) is 0 Å². The first kappa shape index (κ1) is 34.2. The minimum atomic E-state index is -1.21. The van der Waals surface area contributed by atoms with Crippen LogP contribution in [0.4, 0.5) is 26.0 Å². The molecule has 1 atom stereocenters. The lowest BCUT2D eigenvalue weighted by molar-refractivity contribution is -0.138. The molecule has 4 N–H and O–H groups in total. The second kappa shape index (κ2) is 14.6. The molecule has 2 heterocycles. The second-order valence-electron chi connectivity index (χ2n) is 11.7. The third kappa shape index (κ3) is 9.18. The molecule has 0 radical (unpaired) electrons. The molecule has 3 aromatic rings. The lowest BCUT2D eigenvalue weighted by Gasteiger charge is -2.20. The van der Waals surface area contributed by atoms with E-state index in [4.69, 9.17) is 14.6 Å². The molecular weight excluding hydrogens is 614 g/mol. The Hall–Kier alpha value is -5.67. The van der Waals surface area contributed by atoms with E-state index >= 15 is 0 Å². The summed E-state index contributed by atoms with van der Waals surface area (Å²) in [5.74, 6) is -2.05. The average molecular weight is 652 g/mol. The van der Waals surface area contributed by atoms with Crippen LogP contribution in [-0.4, -0.2) is 98.3 Å². The number of benzene rings is 2. The maximum atomic E-state index is 12.9. The van der Waals surface area contributed by atoms with Gasteiger partial charge in [-0.25, -0.2) is 23.9 Å². The number of ether oxygens (including phenoxy) is 2. The maximum absolute atomic E-state index is 12.9. The number of hydrogen-bond donors (Lipinski definition) is 4. The van der Waals surface area contributed by atoms with E-state index < -0.39 is 54.2 Å². The number of aromatic nitrogens is 2. The molecule has 0 spiro atoms. The first-order valence-electron chi connectivity index (χ1n) is 14.8. The molecular formula is C31H37N7O9. The first-order chi connectivity index (χ1) is 22.2. The molecule has 0 bridgehead atoms. The number of nitrogens with zero attached hydrogens (tertiary/aromatic N) is 4. The number of hydrogen-bond acceptors (Lipinski definition) is 10. The van der Waals surface area contributed by atoms with Gasteiger partial charge in [0.2, 0.25) is 11.9 Å². The van der Waals surface area contributed by atoms with E-state index in [9.17, 15) is 28.8 Å². The van der Waals surface area contributed by atoms with Gasteiger partial charge in [-0.3, -0.25) is 19.3 Å². The van der Waals surface area contributed by atoms with Crippen LogP contribution in [0.15, 0.2) is 48.5 Å². The molecule has 5 amide bonds. The fourth-order valence-corrected chi connectivity index (χ4v) is 4.54. The van der Waals surface area contributed by atoms with Crippen LogP contribution in [0, 0.1) is 0 Å². The predicted molar refractivity (Wildman–Crippen MR) is 169 cm³/mol. The van der Waals surface area contributed by atoms with Gasteiger partial charge in [0.1, 0.15) is 31.3 Å². The normalized spacial score (nSPS) is 13.8. The number of carboxylic acid groups (broad SMARTS) is 1. The van der Waals surface area contributed by atoms with Crippen molar-refractivity contribution in [3.8, 4) is 0 Å². The van der Waals surface area contributed by atoms with Crippen LogP contribution in [0.25, 0.3) is 11.0 Å². The zero-order valence-corrected chi connectivity index (χ0v) is 26.4. The third-order valence-corrected chi connectivity index (χ3v) is 6.74. The van der Waals surface area contributed by atoms with Gasteiger partial charge < -0.3 is 35.4 Å². The van der Waals surface area contributed by atoms with E-state index in [1.54, 1.807) is 57.2 Å². The maximum Gasteiger partial charge on any atom is 0.421 e. The van der Waals surface area contributed by atoms with Gasteiger partial charge in [-0.1, -0.05) is 24.3 Å². The minimum absolute atomic E-state index is 0.183. The number of fused-ring (bicyclic) bond motifs is 1. The molecule has 1 aliphatic heterocycles. The number of nitrogens with one attached hydrogen (secondary N) is 3. The van der Waals surface area contributed by atoms with Gasteiger partial charge in [-0.15, -0.1) is 0 Å². The van der Waals surface area contributed by atoms with E-state index in [-0.39, 0.29) is 25.6 Å². The number of carbonyl (C=O) groups is 6. The zero-order chi connectivity index (χ0) is 34.3. The van der Waals surface area contributed by atoms with E-state index in [0.717, 1.165) is 4.90 Å². The molecule has 2 aromatic carbocycles. The number of rotatable bonds is 12. The van der Waals surface area contributed by atoms with Crippen LogP contribution in [0.1, 0.15) is 39.7 Å². The van der Waals surface area contributed by atoms with Crippen molar-refractivity contribution in [2.75, 3.05) is 36.8 Å². The van der Waals surface area contributed by atoms with Crippen LogP contribution < -0.4 is 16.0 Å². The number of imide groups is 1.